The molecule has 0 spiro atoms. The number of hydrogen-bond acceptors (Lipinski definition) is 4. The van der Waals surface area contributed by atoms with Crippen molar-refractivity contribution in [1.82, 2.24) is 14.7 Å². The lowest BCUT2D eigenvalue weighted by molar-refractivity contribution is 0.193. The van der Waals surface area contributed by atoms with Crippen molar-refractivity contribution in [3.8, 4) is 0 Å². The molecule has 0 saturated carbocycles. The maximum atomic E-state index is 5.90. The van der Waals surface area contributed by atoms with Gasteiger partial charge in [0.2, 0.25) is 0 Å². The maximum Gasteiger partial charge on any atom is 0.0538 e. The van der Waals surface area contributed by atoms with Gasteiger partial charge in [0.05, 0.1) is 12.2 Å². The van der Waals surface area contributed by atoms with E-state index in [4.69, 9.17) is 5.73 Å². The van der Waals surface area contributed by atoms with Crippen molar-refractivity contribution in [2.45, 2.75) is 18.5 Å². The smallest absolute Gasteiger partial charge is 0.0538 e. The van der Waals surface area contributed by atoms with Crippen LogP contribution in [0.15, 0.2) is 12.4 Å². The van der Waals surface area contributed by atoms with Crippen molar-refractivity contribution in [1.29, 1.82) is 0 Å². The van der Waals surface area contributed by atoms with Crippen molar-refractivity contribution in [2.24, 2.45) is 12.8 Å². The molecule has 2 rings (SSSR count). The Kier molecular flexibility index (Phi) is 3.89. The van der Waals surface area contributed by atoms with Gasteiger partial charge in [0.1, 0.15) is 0 Å². The highest BCUT2D eigenvalue weighted by molar-refractivity contribution is 7.99. The van der Waals surface area contributed by atoms with Crippen LogP contribution >= 0.6 is 11.8 Å². The first-order chi connectivity index (χ1) is 7.72. The quantitative estimate of drug-likeness (QED) is 0.848. The predicted octanol–water partition coefficient (Wildman–Crippen LogP) is 0.857. The first kappa shape index (κ1) is 12.0. The Morgan fingerprint density at radius 1 is 1.75 bits per heavy atom. The Hall–Kier alpha value is -0.520. The third kappa shape index (κ3) is 2.42. The van der Waals surface area contributed by atoms with Crippen LogP contribution in [0.25, 0.3) is 0 Å². The molecule has 1 aromatic rings. The standard InChI is InChI=1S/C11H20N4S/c1-14-7-9(6-13-14)11(5-12)15(2)10-3-4-16-8-10/h6-7,10-11H,3-5,8,12H2,1-2H3. The monoisotopic (exact) mass is 240 g/mol. The summed E-state index contributed by atoms with van der Waals surface area (Å²) in [6.45, 7) is 0.656. The molecule has 2 heterocycles. The van der Waals surface area contributed by atoms with Crippen LogP contribution in [-0.2, 0) is 7.05 Å². The molecule has 90 valence electrons. The number of hydrogen-bond donors (Lipinski definition) is 1. The third-order valence-corrected chi connectivity index (χ3v) is 4.45. The van der Waals surface area contributed by atoms with Crippen LogP contribution in [0.4, 0.5) is 0 Å². The first-order valence-corrected chi connectivity index (χ1v) is 6.86. The average Bonchev–Trinajstić information content (AvgIpc) is 2.90. The van der Waals surface area contributed by atoms with E-state index in [0.717, 1.165) is 0 Å². The molecule has 4 nitrogen and oxygen atoms in total. The Bertz CT molecular complexity index is 332. The van der Waals surface area contributed by atoms with Crippen LogP contribution < -0.4 is 5.73 Å². The zero-order valence-electron chi connectivity index (χ0n) is 9.97. The highest BCUT2D eigenvalue weighted by Crippen LogP contribution is 2.27. The first-order valence-electron chi connectivity index (χ1n) is 5.70. The summed E-state index contributed by atoms with van der Waals surface area (Å²) in [5.74, 6) is 2.51. The highest BCUT2D eigenvalue weighted by atomic mass is 32.2. The van der Waals surface area contributed by atoms with E-state index in [1.807, 2.05) is 29.7 Å². The summed E-state index contributed by atoms with van der Waals surface area (Å²) >= 11 is 2.04. The lowest BCUT2D eigenvalue weighted by Crippen LogP contribution is -2.38. The molecule has 16 heavy (non-hydrogen) atoms. The second kappa shape index (κ2) is 5.21. The summed E-state index contributed by atoms with van der Waals surface area (Å²) in [6.07, 6.45) is 5.27. The van der Waals surface area contributed by atoms with Crippen molar-refractivity contribution >= 4 is 11.8 Å². The Morgan fingerprint density at radius 2 is 2.56 bits per heavy atom. The van der Waals surface area contributed by atoms with E-state index in [0.29, 0.717) is 18.6 Å². The number of nitrogens with zero attached hydrogens (tertiary/aromatic N) is 3. The molecule has 1 aliphatic heterocycles. The van der Waals surface area contributed by atoms with Gasteiger partial charge in [0.15, 0.2) is 0 Å². The van der Waals surface area contributed by atoms with Crippen LogP contribution in [0.2, 0.25) is 0 Å². The van der Waals surface area contributed by atoms with E-state index in [9.17, 15) is 0 Å². The number of nitrogens with two attached hydrogens (primary N) is 1. The fraction of sp³-hybridized carbons (Fsp3) is 0.727. The molecule has 1 saturated heterocycles. The van der Waals surface area contributed by atoms with Gasteiger partial charge in [-0.3, -0.25) is 9.58 Å². The summed E-state index contributed by atoms with van der Waals surface area (Å²) in [5.41, 5.74) is 7.12. The van der Waals surface area contributed by atoms with Gasteiger partial charge >= 0.3 is 0 Å². The Balaban J connectivity index is 2.09. The molecule has 0 aromatic carbocycles. The Morgan fingerprint density at radius 3 is 3.06 bits per heavy atom. The average molecular weight is 240 g/mol. The maximum absolute atomic E-state index is 5.90. The van der Waals surface area contributed by atoms with Crippen molar-refractivity contribution < 1.29 is 0 Å². The van der Waals surface area contributed by atoms with Crippen molar-refractivity contribution in [2.75, 3.05) is 25.1 Å². The summed E-state index contributed by atoms with van der Waals surface area (Å²) in [4.78, 5) is 2.41. The molecule has 5 heteroatoms. The largest absolute Gasteiger partial charge is 0.329 e. The van der Waals surface area contributed by atoms with E-state index < -0.39 is 0 Å². The SMILES string of the molecule is CN(C1CCSC1)C(CN)c1cnn(C)c1. The molecule has 1 aromatic heterocycles. The van der Waals surface area contributed by atoms with Crippen molar-refractivity contribution in [3.63, 3.8) is 0 Å². The van der Waals surface area contributed by atoms with Gasteiger partial charge in [-0.2, -0.15) is 16.9 Å². The normalized spacial score (nSPS) is 22.9. The highest BCUT2D eigenvalue weighted by Gasteiger charge is 2.26. The summed E-state index contributed by atoms with van der Waals surface area (Å²) < 4.78 is 1.84. The van der Waals surface area contributed by atoms with Gasteiger partial charge in [-0.05, 0) is 19.2 Å². The van der Waals surface area contributed by atoms with Crippen LogP contribution in [0, 0.1) is 0 Å². The van der Waals surface area contributed by atoms with E-state index in [2.05, 4.69) is 23.2 Å². The molecular formula is C11H20N4S. The van der Waals surface area contributed by atoms with Crippen LogP contribution in [0.1, 0.15) is 18.0 Å². The number of thioether (sulfide) groups is 1. The number of rotatable bonds is 4. The molecule has 0 amide bonds. The van der Waals surface area contributed by atoms with Gasteiger partial charge in [-0.15, -0.1) is 0 Å². The predicted molar refractivity (Wildman–Crippen MR) is 68.5 cm³/mol. The van der Waals surface area contributed by atoms with E-state index in [1.165, 1.54) is 23.5 Å². The topological polar surface area (TPSA) is 47.1 Å². The molecule has 0 aliphatic carbocycles. The lowest BCUT2D eigenvalue weighted by atomic mass is 10.1. The molecule has 2 atom stereocenters. The van der Waals surface area contributed by atoms with Gasteiger partial charge in [-0.1, -0.05) is 0 Å². The van der Waals surface area contributed by atoms with E-state index in [-0.39, 0.29) is 0 Å². The number of aromatic nitrogens is 2. The zero-order valence-corrected chi connectivity index (χ0v) is 10.8. The lowest BCUT2D eigenvalue weighted by Gasteiger charge is -2.31. The minimum Gasteiger partial charge on any atom is -0.329 e. The summed E-state index contributed by atoms with van der Waals surface area (Å²) in [7, 11) is 4.13. The Labute approximate surface area is 101 Å². The third-order valence-electron chi connectivity index (χ3n) is 3.31. The molecule has 0 radical (unpaired) electrons. The fourth-order valence-corrected chi connectivity index (χ4v) is 3.53. The molecular weight excluding hydrogens is 220 g/mol. The molecule has 2 unspecified atom stereocenters. The summed E-state index contributed by atoms with van der Waals surface area (Å²) in [6, 6.07) is 0.969. The molecule has 0 bridgehead atoms. The molecule has 1 fully saturated rings. The van der Waals surface area contributed by atoms with E-state index >= 15 is 0 Å². The summed E-state index contributed by atoms with van der Waals surface area (Å²) in [5, 5.41) is 4.22. The van der Waals surface area contributed by atoms with Crippen LogP contribution in [-0.4, -0.2) is 45.8 Å². The zero-order chi connectivity index (χ0) is 11.5. The van der Waals surface area contributed by atoms with Crippen LogP contribution in [0.5, 0.6) is 0 Å². The second-order valence-corrected chi connectivity index (χ2v) is 5.53. The van der Waals surface area contributed by atoms with Gasteiger partial charge < -0.3 is 5.73 Å². The minimum absolute atomic E-state index is 0.303. The van der Waals surface area contributed by atoms with Gasteiger partial charge in [0, 0.05) is 37.1 Å². The molecule has 2 N–H and O–H groups in total. The minimum atomic E-state index is 0.303. The fourth-order valence-electron chi connectivity index (χ4n) is 2.25. The van der Waals surface area contributed by atoms with Gasteiger partial charge in [0.25, 0.3) is 0 Å². The van der Waals surface area contributed by atoms with E-state index in [1.54, 1.807) is 0 Å². The number of aryl methyl sites for hydroxylation is 1. The van der Waals surface area contributed by atoms with Gasteiger partial charge in [-0.25, -0.2) is 0 Å². The molecule has 1 aliphatic rings. The van der Waals surface area contributed by atoms with Crippen LogP contribution in [0.3, 0.4) is 0 Å². The second-order valence-electron chi connectivity index (χ2n) is 4.38. The van der Waals surface area contributed by atoms with Crippen molar-refractivity contribution in [3.05, 3.63) is 18.0 Å². The number of likely N-dealkylation sites (N-methyl/N-ethyl adjacent to an activating group) is 1.